The van der Waals surface area contributed by atoms with E-state index in [1.54, 1.807) is 0 Å². The van der Waals surface area contributed by atoms with Gasteiger partial charge < -0.3 is 4.57 Å². The van der Waals surface area contributed by atoms with Gasteiger partial charge in [0.25, 0.3) is 0 Å². The Bertz CT molecular complexity index is 471. The molecule has 0 amide bonds. The van der Waals surface area contributed by atoms with Crippen LogP contribution in [0.25, 0.3) is 0 Å². The van der Waals surface area contributed by atoms with Crippen LogP contribution >= 0.6 is 0 Å². The number of hydrogen-bond donors (Lipinski definition) is 1. The average molecular weight is 230 g/mol. The average Bonchev–Trinajstić information content (AvgIpc) is 3.02. The molecule has 3 rings (SSSR count). The van der Waals surface area contributed by atoms with Crippen LogP contribution in [0.4, 0.5) is 0 Å². The molecule has 0 saturated carbocycles. The summed E-state index contributed by atoms with van der Waals surface area (Å²) in [5.74, 6) is 0.623. The van der Waals surface area contributed by atoms with Gasteiger partial charge in [-0.2, -0.15) is 5.10 Å². The summed E-state index contributed by atoms with van der Waals surface area (Å²) in [5, 5.41) is 7.12. The summed E-state index contributed by atoms with van der Waals surface area (Å²) in [5.41, 5.74) is 2.66. The first kappa shape index (κ1) is 10.6. The van der Waals surface area contributed by atoms with E-state index in [4.69, 9.17) is 0 Å². The molecular formula is C13H18N4. The molecule has 1 saturated heterocycles. The third kappa shape index (κ3) is 2.13. The van der Waals surface area contributed by atoms with Gasteiger partial charge in [-0.25, -0.2) is 0 Å². The Morgan fingerprint density at radius 1 is 1.47 bits per heavy atom. The number of hydrogen-bond acceptors (Lipinski definition) is 2. The molecule has 17 heavy (non-hydrogen) atoms. The van der Waals surface area contributed by atoms with E-state index in [-0.39, 0.29) is 0 Å². The summed E-state index contributed by atoms with van der Waals surface area (Å²) < 4.78 is 2.20. The second kappa shape index (κ2) is 4.37. The van der Waals surface area contributed by atoms with Crippen LogP contribution in [0.15, 0.2) is 30.6 Å². The SMILES string of the molecule is Cn1cccc1CN1CC[C@@H](c2ccn[nH]2)C1. The molecule has 1 atom stereocenters. The Hall–Kier alpha value is -1.55. The lowest BCUT2D eigenvalue weighted by atomic mass is 10.1. The summed E-state index contributed by atoms with van der Waals surface area (Å²) in [6, 6.07) is 6.40. The van der Waals surface area contributed by atoms with Crippen LogP contribution in [0.5, 0.6) is 0 Å². The van der Waals surface area contributed by atoms with Gasteiger partial charge in [-0.05, 0) is 31.2 Å². The number of aromatic amines is 1. The molecular weight excluding hydrogens is 212 g/mol. The summed E-state index contributed by atoms with van der Waals surface area (Å²) >= 11 is 0. The highest BCUT2D eigenvalue weighted by Gasteiger charge is 2.24. The maximum absolute atomic E-state index is 4.03. The van der Waals surface area contributed by atoms with Crippen molar-refractivity contribution in [1.82, 2.24) is 19.7 Å². The molecule has 1 aliphatic rings. The predicted octanol–water partition coefficient (Wildman–Crippen LogP) is 1.74. The Morgan fingerprint density at radius 2 is 2.41 bits per heavy atom. The van der Waals surface area contributed by atoms with Crippen molar-refractivity contribution in [3.63, 3.8) is 0 Å². The zero-order valence-corrected chi connectivity index (χ0v) is 10.1. The number of H-pyrrole nitrogens is 1. The third-order valence-corrected chi connectivity index (χ3v) is 3.67. The normalized spacial score (nSPS) is 21.1. The van der Waals surface area contributed by atoms with Crippen LogP contribution < -0.4 is 0 Å². The smallest absolute Gasteiger partial charge is 0.0490 e. The molecule has 90 valence electrons. The van der Waals surface area contributed by atoms with Crippen LogP contribution in [0.1, 0.15) is 23.7 Å². The first-order chi connectivity index (χ1) is 8.33. The highest BCUT2D eigenvalue weighted by atomic mass is 15.2. The zero-order valence-electron chi connectivity index (χ0n) is 10.1. The van der Waals surface area contributed by atoms with E-state index in [9.17, 15) is 0 Å². The second-order valence-corrected chi connectivity index (χ2v) is 4.84. The molecule has 2 aromatic rings. The summed E-state index contributed by atoms with van der Waals surface area (Å²) in [6.07, 6.45) is 5.18. The van der Waals surface area contributed by atoms with Crippen molar-refractivity contribution >= 4 is 0 Å². The van der Waals surface area contributed by atoms with E-state index < -0.39 is 0 Å². The fraction of sp³-hybridized carbons (Fsp3) is 0.462. The molecule has 4 heteroatoms. The standard InChI is InChI=1S/C13H18N4/c1-16-7-2-3-12(16)10-17-8-5-11(9-17)13-4-6-14-15-13/h2-4,6-7,11H,5,8-10H2,1H3,(H,14,15)/t11-/m1/s1. The van der Waals surface area contributed by atoms with E-state index in [0.717, 1.165) is 13.1 Å². The van der Waals surface area contributed by atoms with Crippen molar-refractivity contribution in [2.75, 3.05) is 13.1 Å². The van der Waals surface area contributed by atoms with Crippen LogP contribution in [0, 0.1) is 0 Å². The largest absolute Gasteiger partial charge is 0.353 e. The van der Waals surface area contributed by atoms with Crippen molar-refractivity contribution < 1.29 is 0 Å². The van der Waals surface area contributed by atoms with Gasteiger partial charge in [0.1, 0.15) is 0 Å². The lowest BCUT2D eigenvalue weighted by molar-refractivity contribution is 0.318. The number of rotatable bonds is 3. The van der Waals surface area contributed by atoms with Gasteiger partial charge in [0, 0.05) is 49.8 Å². The predicted molar refractivity (Wildman–Crippen MR) is 66.6 cm³/mol. The van der Waals surface area contributed by atoms with Crippen LogP contribution in [-0.2, 0) is 13.6 Å². The van der Waals surface area contributed by atoms with Crippen molar-refractivity contribution in [1.29, 1.82) is 0 Å². The number of nitrogens with one attached hydrogen (secondary N) is 1. The number of aromatic nitrogens is 3. The molecule has 4 nitrogen and oxygen atoms in total. The van der Waals surface area contributed by atoms with Gasteiger partial charge in [0.15, 0.2) is 0 Å². The number of nitrogens with zero attached hydrogens (tertiary/aromatic N) is 3. The van der Waals surface area contributed by atoms with Gasteiger partial charge in [-0.1, -0.05) is 0 Å². The molecule has 0 aliphatic carbocycles. The van der Waals surface area contributed by atoms with Gasteiger partial charge >= 0.3 is 0 Å². The van der Waals surface area contributed by atoms with Crippen molar-refractivity contribution in [2.45, 2.75) is 18.9 Å². The zero-order chi connectivity index (χ0) is 11.7. The Balaban J connectivity index is 1.63. The van der Waals surface area contributed by atoms with E-state index in [0.29, 0.717) is 5.92 Å². The van der Waals surface area contributed by atoms with Gasteiger partial charge in [-0.15, -0.1) is 0 Å². The van der Waals surface area contributed by atoms with Crippen molar-refractivity contribution in [3.05, 3.63) is 42.0 Å². The fourth-order valence-corrected chi connectivity index (χ4v) is 2.61. The molecule has 3 heterocycles. The van der Waals surface area contributed by atoms with Crippen LogP contribution in [0.3, 0.4) is 0 Å². The topological polar surface area (TPSA) is 36.9 Å². The first-order valence-electron chi connectivity index (χ1n) is 6.15. The van der Waals surface area contributed by atoms with E-state index in [2.05, 4.69) is 51.1 Å². The lowest BCUT2D eigenvalue weighted by Gasteiger charge is -2.16. The number of likely N-dealkylation sites (tertiary alicyclic amines) is 1. The van der Waals surface area contributed by atoms with E-state index >= 15 is 0 Å². The summed E-state index contributed by atoms with van der Waals surface area (Å²) in [7, 11) is 2.11. The molecule has 1 fully saturated rings. The Morgan fingerprint density at radius 3 is 3.12 bits per heavy atom. The third-order valence-electron chi connectivity index (χ3n) is 3.67. The molecule has 2 aromatic heterocycles. The second-order valence-electron chi connectivity index (χ2n) is 4.84. The molecule has 0 spiro atoms. The Labute approximate surface area is 101 Å². The summed E-state index contributed by atoms with van der Waals surface area (Å²) in [6.45, 7) is 3.36. The van der Waals surface area contributed by atoms with E-state index in [1.165, 1.54) is 24.4 Å². The highest BCUT2D eigenvalue weighted by molar-refractivity contribution is 5.11. The monoisotopic (exact) mass is 230 g/mol. The van der Waals surface area contributed by atoms with Crippen LogP contribution in [0.2, 0.25) is 0 Å². The maximum Gasteiger partial charge on any atom is 0.0490 e. The minimum Gasteiger partial charge on any atom is -0.353 e. The van der Waals surface area contributed by atoms with Gasteiger partial charge in [0.05, 0.1) is 0 Å². The molecule has 0 aromatic carbocycles. The molecule has 0 unspecified atom stereocenters. The molecule has 1 N–H and O–H groups in total. The van der Waals surface area contributed by atoms with Gasteiger partial charge in [-0.3, -0.25) is 10.00 Å². The minimum absolute atomic E-state index is 0.623. The lowest BCUT2D eigenvalue weighted by Crippen LogP contribution is -2.21. The quantitative estimate of drug-likeness (QED) is 0.872. The van der Waals surface area contributed by atoms with Crippen LogP contribution in [-0.4, -0.2) is 32.8 Å². The van der Waals surface area contributed by atoms with E-state index in [1.807, 2.05) is 6.20 Å². The molecule has 1 aliphatic heterocycles. The van der Waals surface area contributed by atoms with Gasteiger partial charge in [0.2, 0.25) is 0 Å². The molecule has 0 radical (unpaired) electrons. The fourth-order valence-electron chi connectivity index (χ4n) is 2.61. The maximum atomic E-state index is 4.03. The molecule has 0 bridgehead atoms. The Kier molecular flexibility index (Phi) is 2.73. The van der Waals surface area contributed by atoms with Crippen molar-refractivity contribution in [3.8, 4) is 0 Å². The summed E-state index contributed by atoms with van der Waals surface area (Å²) in [4.78, 5) is 2.51. The first-order valence-corrected chi connectivity index (χ1v) is 6.15. The van der Waals surface area contributed by atoms with Crippen molar-refractivity contribution in [2.24, 2.45) is 7.05 Å². The number of aryl methyl sites for hydroxylation is 1. The highest BCUT2D eigenvalue weighted by Crippen LogP contribution is 2.26. The minimum atomic E-state index is 0.623.